The van der Waals surface area contributed by atoms with Crippen LogP contribution in [0.25, 0.3) is 21.8 Å². The van der Waals surface area contributed by atoms with Crippen molar-refractivity contribution in [3.63, 3.8) is 0 Å². The molecular weight excluding hydrogens is 379 g/mol. The Morgan fingerprint density at radius 2 is 1.56 bits per heavy atom. The van der Waals surface area contributed by atoms with E-state index in [1.165, 1.54) is 32.1 Å². The monoisotopic (exact) mass is 404 g/mol. The maximum atomic E-state index is 10.5. The summed E-state index contributed by atoms with van der Waals surface area (Å²) in [5.41, 5.74) is 2.26. The predicted octanol–water partition coefficient (Wildman–Crippen LogP) is 5.77. The van der Waals surface area contributed by atoms with Crippen LogP contribution in [0.3, 0.4) is 0 Å². The number of aliphatic hydroxyl groups excluding tert-OH is 1. The molecule has 0 aliphatic heterocycles. The molecule has 1 aliphatic carbocycles. The Kier molecular flexibility index (Phi) is 5.93. The third kappa shape index (κ3) is 4.27. The minimum atomic E-state index is -0.348. The first-order chi connectivity index (χ1) is 13.1. The zero-order valence-electron chi connectivity index (χ0n) is 15.4. The molecule has 4 rings (SSSR count). The molecule has 0 radical (unpaired) electrons. The first kappa shape index (κ1) is 19.1. The molecule has 27 heavy (non-hydrogen) atoms. The molecule has 1 heterocycles. The summed E-state index contributed by atoms with van der Waals surface area (Å²) in [7, 11) is 0. The second-order valence-corrected chi connectivity index (χ2v) is 8.53. The lowest BCUT2D eigenvalue weighted by Crippen LogP contribution is -2.37. The zero-order chi connectivity index (χ0) is 18.8. The maximum absolute atomic E-state index is 10.5. The van der Waals surface area contributed by atoms with E-state index in [9.17, 15) is 5.11 Å². The lowest BCUT2D eigenvalue weighted by molar-refractivity contribution is 0.149. The van der Waals surface area contributed by atoms with Gasteiger partial charge in [-0.05, 0) is 55.7 Å². The minimum absolute atomic E-state index is 0.348. The molecule has 1 aromatic heterocycles. The van der Waals surface area contributed by atoms with Crippen LogP contribution in [0.5, 0.6) is 0 Å². The van der Waals surface area contributed by atoms with Crippen LogP contribution in [0.2, 0.25) is 10.0 Å². The maximum Gasteiger partial charge on any atom is 0.0681 e. The molecule has 1 unspecified atom stereocenters. The highest BCUT2D eigenvalue weighted by atomic mass is 35.5. The van der Waals surface area contributed by atoms with Gasteiger partial charge in [-0.15, -0.1) is 0 Å². The third-order valence-corrected chi connectivity index (χ3v) is 6.19. The second-order valence-electron chi connectivity index (χ2n) is 7.66. The van der Waals surface area contributed by atoms with Crippen LogP contribution in [-0.4, -0.2) is 28.4 Å². The van der Waals surface area contributed by atoms with Crippen molar-refractivity contribution >= 4 is 45.0 Å². The van der Waals surface area contributed by atoms with Crippen LogP contribution < -0.4 is 5.32 Å². The molecule has 5 heteroatoms. The van der Waals surface area contributed by atoms with Gasteiger partial charge >= 0.3 is 0 Å². The summed E-state index contributed by atoms with van der Waals surface area (Å²) < 4.78 is 2.27. The summed E-state index contributed by atoms with van der Waals surface area (Å²) in [4.78, 5) is 0. The number of nitrogens with zero attached hydrogens (tertiary/aromatic N) is 1. The first-order valence-corrected chi connectivity index (χ1v) is 10.7. The molecule has 1 saturated carbocycles. The van der Waals surface area contributed by atoms with Crippen LogP contribution >= 0.6 is 23.2 Å². The number of aryl methyl sites for hydroxylation is 1. The summed E-state index contributed by atoms with van der Waals surface area (Å²) in [5, 5.41) is 17.7. The van der Waals surface area contributed by atoms with Gasteiger partial charge in [0.15, 0.2) is 0 Å². The molecule has 0 amide bonds. The molecule has 1 atom stereocenters. The van der Waals surface area contributed by atoms with Crippen molar-refractivity contribution < 1.29 is 5.11 Å². The van der Waals surface area contributed by atoms with Gasteiger partial charge in [-0.25, -0.2) is 0 Å². The highest BCUT2D eigenvalue weighted by Gasteiger charge is 2.16. The van der Waals surface area contributed by atoms with Crippen molar-refractivity contribution in [3.05, 3.63) is 46.4 Å². The lowest BCUT2D eigenvalue weighted by Gasteiger charge is -2.24. The number of rotatable bonds is 6. The van der Waals surface area contributed by atoms with Gasteiger partial charge in [-0.2, -0.15) is 0 Å². The van der Waals surface area contributed by atoms with Crippen LogP contribution in [0, 0.1) is 0 Å². The van der Waals surface area contributed by atoms with Crippen molar-refractivity contribution in [1.82, 2.24) is 9.88 Å². The van der Waals surface area contributed by atoms with Crippen molar-refractivity contribution in [1.29, 1.82) is 0 Å². The molecule has 3 aromatic rings. The molecule has 1 aliphatic rings. The van der Waals surface area contributed by atoms with Crippen LogP contribution in [0.15, 0.2) is 36.4 Å². The van der Waals surface area contributed by atoms with E-state index in [0.29, 0.717) is 19.0 Å². The Morgan fingerprint density at radius 1 is 0.963 bits per heavy atom. The van der Waals surface area contributed by atoms with Crippen LogP contribution in [0.4, 0.5) is 0 Å². The Hall–Kier alpha value is -1.26. The average molecular weight is 405 g/mol. The summed E-state index contributed by atoms with van der Waals surface area (Å²) in [6.07, 6.45) is 6.80. The van der Waals surface area contributed by atoms with Crippen LogP contribution in [0.1, 0.15) is 38.5 Å². The second kappa shape index (κ2) is 8.40. The van der Waals surface area contributed by atoms with Crippen molar-refractivity contribution in [2.24, 2.45) is 0 Å². The minimum Gasteiger partial charge on any atom is -0.392 e. The van der Waals surface area contributed by atoms with E-state index in [-0.39, 0.29) is 6.10 Å². The van der Waals surface area contributed by atoms with Gasteiger partial charge in [-0.1, -0.05) is 42.5 Å². The Labute approximate surface area is 170 Å². The van der Waals surface area contributed by atoms with Gasteiger partial charge < -0.3 is 15.0 Å². The Morgan fingerprint density at radius 3 is 2.15 bits per heavy atom. The molecule has 144 valence electrons. The van der Waals surface area contributed by atoms with E-state index in [1.807, 2.05) is 24.3 Å². The van der Waals surface area contributed by atoms with E-state index >= 15 is 0 Å². The fourth-order valence-corrected chi connectivity index (χ4v) is 4.62. The van der Waals surface area contributed by atoms with E-state index in [4.69, 9.17) is 23.2 Å². The average Bonchev–Trinajstić information content (AvgIpc) is 2.97. The fraction of sp³-hybridized carbons (Fsp3) is 0.455. The molecule has 3 nitrogen and oxygen atoms in total. The number of halogens is 2. The molecule has 2 N–H and O–H groups in total. The summed E-state index contributed by atoms with van der Waals surface area (Å²) in [5.74, 6) is 0. The SMILES string of the molecule is OC(CCn1c2ccc(Cl)cc2c2cc(Cl)ccc21)CNC1CCCCC1. The van der Waals surface area contributed by atoms with E-state index in [2.05, 4.69) is 22.0 Å². The number of fused-ring (bicyclic) bond motifs is 3. The summed E-state index contributed by atoms with van der Waals surface area (Å²) >= 11 is 12.4. The van der Waals surface area contributed by atoms with Crippen molar-refractivity contribution in [2.45, 2.75) is 57.2 Å². The van der Waals surface area contributed by atoms with E-state index in [0.717, 1.165) is 38.4 Å². The lowest BCUT2D eigenvalue weighted by atomic mass is 9.95. The van der Waals surface area contributed by atoms with Gasteiger partial charge in [0, 0.05) is 51.0 Å². The first-order valence-electron chi connectivity index (χ1n) is 9.90. The van der Waals surface area contributed by atoms with E-state index in [1.54, 1.807) is 0 Å². The molecule has 0 saturated heterocycles. The standard InChI is InChI=1S/C22H26Cl2N2O/c23-15-6-8-21-19(12-15)20-13-16(24)7-9-22(20)26(21)11-10-18(27)14-25-17-4-2-1-3-5-17/h6-9,12-13,17-18,25,27H,1-5,10-11,14H2. The zero-order valence-corrected chi connectivity index (χ0v) is 16.9. The summed E-state index contributed by atoms with van der Waals surface area (Å²) in [6.45, 7) is 1.43. The number of hydrogen-bond acceptors (Lipinski definition) is 2. The highest BCUT2D eigenvalue weighted by molar-refractivity contribution is 6.33. The Balaban J connectivity index is 1.50. The van der Waals surface area contributed by atoms with Gasteiger partial charge in [0.05, 0.1) is 6.10 Å². The smallest absolute Gasteiger partial charge is 0.0681 e. The molecule has 2 aromatic carbocycles. The summed E-state index contributed by atoms with van der Waals surface area (Å²) in [6, 6.07) is 12.5. The predicted molar refractivity (Wildman–Crippen MR) is 115 cm³/mol. The van der Waals surface area contributed by atoms with Crippen molar-refractivity contribution in [2.75, 3.05) is 6.54 Å². The van der Waals surface area contributed by atoms with Gasteiger partial charge in [0.2, 0.25) is 0 Å². The number of benzene rings is 2. The largest absolute Gasteiger partial charge is 0.392 e. The topological polar surface area (TPSA) is 37.2 Å². The third-order valence-electron chi connectivity index (χ3n) is 5.72. The normalized spacial score (nSPS) is 17.0. The number of aliphatic hydroxyl groups is 1. The fourth-order valence-electron chi connectivity index (χ4n) is 4.28. The Bertz CT molecular complexity index is 872. The number of aromatic nitrogens is 1. The molecule has 1 fully saturated rings. The van der Waals surface area contributed by atoms with Gasteiger partial charge in [0.25, 0.3) is 0 Å². The molecule has 0 bridgehead atoms. The molecular formula is C22H26Cl2N2O. The quantitative estimate of drug-likeness (QED) is 0.546. The van der Waals surface area contributed by atoms with Crippen molar-refractivity contribution in [3.8, 4) is 0 Å². The van der Waals surface area contributed by atoms with Gasteiger partial charge in [0.1, 0.15) is 0 Å². The number of hydrogen-bond donors (Lipinski definition) is 2. The van der Waals surface area contributed by atoms with E-state index < -0.39 is 0 Å². The number of nitrogens with one attached hydrogen (secondary N) is 1. The highest BCUT2D eigenvalue weighted by Crippen LogP contribution is 2.33. The molecule has 0 spiro atoms. The van der Waals surface area contributed by atoms with Crippen LogP contribution in [-0.2, 0) is 6.54 Å². The van der Waals surface area contributed by atoms with Gasteiger partial charge in [-0.3, -0.25) is 0 Å².